The van der Waals surface area contributed by atoms with E-state index < -0.39 is 29.2 Å². The van der Waals surface area contributed by atoms with Crippen molar-refractivity contribution >= 4 is 40.8 Å². The smallest absolute Gasteiger partial charge is 0.432 e. The number of halogens is 5. The van der Waals surface area contributed by atoms with Crippen molar-refractivity contribution in [3.05, 3.63) is 57.6 Å². The highest BCUT2D eigenvalue weighted by Gasteiger charge is 2.62. The number of esters is 1. The average Bonchev–Trinajstić information content (AvgIpc) is 2.72. The first kappa shape index (κ1) is 24.8. The van der Waals surface area contributed by atoms with E-state index in [0.717, 1.165) is 30.2 Å². The fourth-order valence-electron chi connectivity index (χ4n) is 2.74. The van der Waals surface area contributed by atoms with E-state index in [-0.39, 0.29) is 33.7 Å². The first-order valence-corrected chi connectivity index (χ1v) is 9.52. The molecule has 168 valence electrons. The fourth-order valence-corrected chi connectivity index (χ4v) is 3.04. The average molecular weight is 480 g/mol. The van der Waals surface area contributed by atoms with Crippen molar-refractivity contribution in [1.82, 2.24) is 0 Å². The highest BCUT2D eigenvalue weighted by Crippen LogP contribution is 2.43. The Balaban J connectivity index is 2.51. The largest absolute Gasteiger partial charge is 0.495 e. The van der Waals surface area contributed by atoms with Gasteiger partial charge in [-0.15, -0.1) is 0 Å². The van der Waals surface area contributed by atoms with Crippen molar-refractivity contribution in [2.24, 2.45) is 0 Å². The lowest BCUT2D eigenvalue weighted by Crippen LogP contribution is -2.50. The lowest BCUT2D eigenvalue weighted by atomic mass is 9.92. The molecule has 0 aliphatic rings. The van der Waals surface area contributed by atoms with Gasteiger partial charge in [0.05, 0.1) is 29.4 Å². The Bertz CT molecular complexity index is 999. The number of methoxy groups -OCH3 is 1. The van der Waals surface area contributed by atoms with Gasteiger partial charge in [-0.2, -0.15) is 13.2 Å². The maximum absolute atomic E-state index is 13.6. The van der Waals surface area contributed by atoms with Crippen molar-refractivity contribution in [2.75, 3.05) is 25.7 Å². The number of anilines is 1. The highest BCUT2D eigenvalue weighted by molar-refractivity contribution is 6.42. The van der Waals surface area contributed by atoms with E-state index in [1.165, 1.54) is 32.2 Å². The van der Waals surface area contributed by atoms with Crippen molar-refractivity contribution in [3.8, 4) is 5.75 Å². The molecule has 6 nitrogen and oxygen atoms in total. The van der Waals surface area contributed by atoms with Gasteiger partial charge in [-0.1, -0.05) is 29.3 Å². The topological polar surface area (TPSA) is 76.1 Å². The SMILES string of the molecule is CCOC(=O)[C@@](O)(c1ccc(N(C)C(=O)c2ccc(Cl)c(Cl)c2)c(OC)c1)C(F)(F)F. The zero-order valence-electron chi connectivity index (χ0n) is 16.6. The van der Waals surface area contributed by atoms with Gasteiger partial charge in [0, 0.05) is 18.2 Å². The Hall–Kier alpha value is -2.49. The maximum atomic E-state index is 13.6. The molecule has 0 spiro atoms. The van der Waals surface area contributed by atoms with Crippen LogP contribution in [0.3, 0.4) is 0 Å². The minimum atomic E-state index is -5.37. The molecule has 2 rings (SSSR count). The van der Waals surface area contributed by atoms with Crippen LogP contribution in [-0.2, 0) is 15.1 Å². The van der Waals surface area contributed by atoms with E-state index in [1.807, 2.05) is 0 Å². The third-order valence-electron chi connectivity index (χ3n) is 4.41. The number of aliphatic hydroxyl groups is 1. The molecule has 0 saturated carbocycles. The summed E-state index contributed by atoms with van der Waals surface area (Å²) in [5, 5.41) is 10.6. The minimum absolute atomic E-state index is 0.0794. The maximum Gasteiger partial charge on any atom is 0.432 e. The molecule has 0 radical (unpaired) electrons. The number of hydrogen-bond donors (Lipinski definition) is 1. The summed E-state index contributed by atoms with van der Waals surface area (Å²) in [7, 11) is 2.53. The number of alkyl halides is 3. The van der Waals surface area contributed by atoms with E-state index in [0.29, 0.717) is 0 Å². The van der Waals surface area contributed by atoms with Gasteiger partial charge in [-0.25, -0.2) is 4.79 Å². The van der Waals surface area contributed by atoms with E-state index in [9.17, 15) is 27.9 Å². The number of hydrogen-bond acceptors (Lipinski definition) is 5. The van der Waals surface area contributed by atoms with E-state index in [2.05, 4.69) is 4.74 Å². The summed E-state index contributed by atoms with van der Waals surface area (Å²) in [5.41, 5.74) is -4.49. The van der Waals surface area contributed by atoms with Crippen LogP contribution < -0.4 is 9.64 Å². The summed E-state index contributed by atoms with van der Waals surface area (Å²) in [6.45, 7) is 0.940. The molecule has 0 heterocycles. The molecule has 0 aliphatic carbocycles. The second-order valence-corrected chi connectivity index (χ2v) is 7.12. The van der Waals surface area contributed by atoms with Crippen LogP contribution in [0.15, 0.2) is 36.4 Å². The molecule has 1 atom stereocenters. The number of benzene rings is 2. The quantitative estimate of drug-likeness (QED) is 0.613. The first-order valence-electron chi connectivity index (χ1n) is 8.76. The van der Waals surface area contributed by atoms with Crippen LogP contribution in [0.4, 0.5) is 18.9 Å². The van der Waals surface area contributed by atoms with Crippen LogP contribution in [0.5, 0.6) is 5.75 Å². The zero-order valence-corrected chi connectivity index (χ0v) is 18.1. The second kappa shape index (κ2) is 9.33. The molecule has 0 aliphatic heterocycles. The number of rotatable bonds is 6. The lowest BCUT2D eigenvalue weighted by molar-refractivity contribution is -0.267. The summed E-state index contributed by atoms with van der Waals surface area (Å²) in [6, 6.07) is 6.98. The molecule has 2 aromatic rings. The zero-order chi connectivity index (χ0) is 23.6. The molecule has 1 N–H and O–H groups in total. The van der Waals surface area contributed by atoms with Gasteiger partial charge >= 0.3 is 12.1 Å². The molecule has 1 amide bonds. The Morgan fingerprint density at radius 1 is 1.10 bits per heavy atom. The molecular weight excluding hydrogens is 462 g/mol. The van der Waals surface area contributed by atoms with Crippen LogP contribution in [0.2, 0.25) is 10.0 Å². The molecular formula is C20H18Cl2F3NO5. The third-order valence-corrected chi connectivity index (χ3v) is 5.15. The predicted molar refractivity (Wildman–Crippen MR) is 109 cm³/mol. The summed E-state index contributed by atoms with van der Waals surface area (Å²) in [4.78, 5) is 25.8. The molecule has 2 aromatic carbocycles. The standard InChI is InChI=1S/C20H18Cl2F3NO5/c1-4-31-18(28)19(29,20(23,24)25)12-6-8-15(16(10-12)30-3)26(2)17(27)11-5-7-13(21)14(22)9-11/h5-10,29H,4H2,1-3H3/t19-/m0/s1. The predicted octanol–water partition coefficient (Wildman–Crippen LogP) is 4.59. The van der Waals surface area contributed by atoms with Gasteiger partial charge in [0.25, 0.3) is 11.5 Å². The monoisotopic (exact) mass is 479 g/mol. The van der Waals surface area contributed by atoms with Crippen molar-refractivity contribution in [1.29, 1.82) is 0 Å². The number of nitrogens with zero attached hydrogens (tertiary/aromatic N) is 1. The molecule has 11 heteroatoms. The first-order chi connectivity index (χ1) is 14.4. The molecule has 0 saturated heterocycles. The Labute approximate surface area is 186 Å². The normalized spacial score (nSPS) is 13.3. The van der Waals surface area contributed by atoms with Crippen molar-refractivity contribution in [2.45, 2.75) is 18.7 Å². The van der Waals surface area contributed by atoms with E-state index in [1.54, 1.807) is 0 Å². The van der Waals surface area contributed by atoms with Gasteiger partial charge in [0.15, 0.2) is 0 Å². The number of carbonyl (C=O) groups excluding carboxylic acids is 2. The van der Waals surface area contributed by atoms with Gasteiger partial charge in [-0.05, 0) is 37.3 Å². The van der Waals surface area contributed by atoms with Crippen LogP contribution in [-0.4, -0.2) is 43.9 Å². The van der Waals surface area contributed by atoms with Crippen LogP contribution in [0.25, 0.3) is 0 Å². The summed E-state index contributed by atoms with van der Waals surface area (Å²) >= 11 is 11.8. The van der Waals surface area contributed by atoms with Gasteiger partial charge in [0.1, 0.15) is 5.75 Å². The van der Waals surface area contributed by atoms with Gasteiger partial charge in [0.2, 0.25) is 0 Å². The van der Waals surface area contributed by atoms with Gasteiger partial charge in [-0.3, -0.25) is 4.79 Å². The van der Waals surface area contributed by atoms with Crippen LogP contribution in [0.1, 0.15) is 22.8 Å². The summed E-state index contributed by atoms with van der Waals surface area (Å²) < 4.78 is 50.3. The molecule has 31 heavy (non-hydrogen) atoms. The third kappa shape index (κ3) is 4.73. The summed E-state index contributed by atoms with van der Waals surface area (Å²) in [5.74, 6) is -2.63. The van der Waals surface area contributed by atoms with E-state index in [4.69, 9.17) is 27.9 Å². The van der Waals surface area contributed by atoms with Crippen molar-refractivity contribution in [3.63, 3.8) is 0 Å². The number of amides is 1. The molecule has 0 bridgehead atoms. The Morgan fingerprint density at radius 2 is 1.74 bits per heavy atom. The number of carbonyl (C=O) groups is 2. The minimum Gasteiger partial charge on any atom is -0.495 e. The highest BCUT2D eigenvalue weighted by atomic mass is 35.5. The van der Waals surface area contributed by atoms with Crippen LogP contribution >= 0.6 is 23.2 Å². The second-order valence-electron chi connectivity index (χ2n) is 6.31. The molecule has 0 fully saturated rings. The fraction of sp³-hybridized carbons (Fsp3) is 0.300. The number of ether oxygens (including phenoxy) is 2. The molecule has 0 unspecified atom stereocenters. The van der Waals surface area contributed by atoms with Crippen molar-refractivity contribution < 1.29 is 37.3 Å². The van der Waals surface area contributed by atoms with E-state index >= 15 is 0 Å². The molecule has 0 aromatic heterocycles. The lowest BCUT2D eigenvalue weighted by Gasteiger charge is -2.29. The Morgan fingerprint density at radius 3 is 2.26 bits per heavy atom. The summed E-state index contributed by atoms with van der Waals surface area (Å²) in [6.07, 6.45) is -5.37. The van der Waals surface area contributed by atoms with Gasteiger partial charge < -0.3 is 19.5 Å². The Kier molecular flexibility index (Phi) is 7.46. The van der Waals surface area contributed by atoms with Crippen LogP contribution in [0, 0.1) is 0 Å².